The van der Waals surface area contributed by atoms with Gasteiger partial charge in [0.2, 0.25) is 0 Å². The number of fused-ring (bicyclic) bond motifs is 1. The maximum absolute atomic E-state index is 5.02. The second kappa shape index (κ2) is 15.3. The molecule has 2 aromatic heterocycles. The van der Waals surface area contributed by atoms with Gasteiger partial charge >= 0.3 is 0 Å². The summed E-state index contributed by atoms with van der Waals surface area (Å²) in [5.74, 6) is 2.65. The summed E-state index contributed by atoms with van der Waals surface area (Å²) in [4.78, 5) is 24.6. The second-order valence-corrected chi connectivity index (χ2v) is 14.2. The minimum atomic E-state index is 0.640. The molecule has 0 spiro atoms. The van der Waals surface area contributed by atoms with Gasteiger partial charge in [-0.2, -0.15) is 0 Å². The first-order chi connectivity index (χ1) is 28.7. The highest BCUT2D eigenvalue weighted by atomic mass is 15.0. The highest BCUT2D eigenvalue weighted by Gasteiger charge is 2.14. The van der Waals surface area contributed by atoms with E-state index in [9.17, 15) is 0 Å². The van der Waals surface area contributed by atoms with Crippen molar-refractivity contribution in [3.8, 4) is 90.3 Å². The monoisotopic (exact) mass is 741 g/mol. The number of rotatable bonds is 8. The van der Waals surface area contributed by atoms with Crippen LogP contribution < -0.4 is 0 Å². The normalized spacial score (nSPS) is 11.1. The Balaban J connectivity index is 0.941. The molecule has 0 atom stereocenters. The molecule has 0 aliphatic rings. The lowest BCUT2D eigenvalue weighted by Crippen LogP contribution is -2.00. The van der Waals surface area contributed by atoms with E-state index in [0.717, 1.165) is 67.0 Å². The standard InChI is InChI=1S/C53H35N5/c1-5-13-39(14-6-1)48-35-49(55-50(54-48)41-15-7-2-8-16-41)40-27-21-36(22-28-40)45-31-25-38-26-32-46(34-47(38)33-45)37-23-29-44(30-24-37)53-57-51(42-17-9-3-10-18-42)56-52(58-53)43-19-11-4-12-20-43/h1-35H. The van der Waals surface area contributed by atoms with Gasteiger partial charge in [-0.3, -0.25) is 0 Å². The molecule has 0 aliphatic heterocycles. The van der Waals surface area contributed by atoms with E-state index in [2.05, 4.69) is 115 Å². The average Bonchev–Trinajstić information content (AvgIpc) is 3.32. The molecule has 5 nitrogen and oxygen atoms in total. The molecule has 0 fully saturated rings. The molecule has 10 aromatic rings. The van der Waals surface area contributed by atoms with E-state index in [1.54, 1.807) is 0 Å². The first-order valence-corrected chi connectivity index (χ1v) is 19.3. The van der Waals surface area contributed by atoms with E-state index in [4.69, 9.17) is 24.9 Å². The number of hydrogen-bond donors (Lipinski definition) is 0. The lowest BCUT2D eigenvalue weighted by molar-refractivity contribution is 1.07. The summed E-state index contributed by atoms with van der Waals surface area (Å²) >= 11 is 0. The van der Waals surface area contributed by atoms with E-state index in [-0.39, 0.29) is 0 Å². The summed E-state index contributed by atoms with van der Waals surface area (Å²) in [5, 5.41) is 2.37. The smallest absolute Gasteiger partial charge is 0.164 e. The molecule has 0 amide bonds. The fraction of sp³-hybridized carbons (Fsp3) is 0. The van der Waals surface area contributed by atoms with E-state index < -0.39 is 0 Å². The fourth-order valence-corrected chi connectivity index (χ4v) is 7.26. The number of aromatic nitrogens is 5. The van der Waals surface area contributed by atoms with Crippen LogP contribution >= 0.6 is 0 Å². The maximum atomic E-state index is 5.02. The number of nitrogens with zero attached hydrogens (tertiary/aromatic N) is 5. The first-order valence-electron chi connectivity index (χ1n) is 19.3. The molecule has 8 aromatic carbocycles. The molecule has 0 unspecified atom stereocenters. The minimum absolute atomic E-state index is 0.640. The van der Waals surface area contributed by atoms with Crippen LogP contribution in [0.1, 0.15) is 0 Å². The molecule has 10 rings (SSSR count). The van der Waals surface area contributed by atoms with E-state index in [1.165, 1.54) is 10.8 Å². The molecule has 0 saturated heterocycles. The molecule has 0 saturated carbocycles. The molecule has 5 heteroatoms. The Morgan fingerprint density at radius 3 is 0.897 bits per heavy atom. The van der Waals surface area contributed by atoms with Gasteiger partial charge in [0.25, 0.3) is 0 Å². The third-order valence-electron chi connectivity index (χ3n) is 10.4. The van der Waals surface area contributed by atoms with Crippen LogP contribution in [-0.2, 0) is 0 Å². The summed E-state index contributed by atoms with van der Waals surface area (Å²) < 4.78 is 0. The van der Waals surface area contributed by atoms with Gasteiger partial charge in [0, 0.05) is 33.4 Å². The van der Waals surface area contributed by atoms with Crippen LogP contribution in [0.4, 0.5) is 0 Å². The van der Waals surface area contributed by atoms with E-state index in [1.807, 2.05) is 97.1 Å². The van der Waals surface area contributed by atoms with Crippen LogP contribution in [0.15, 0.2) is 212 Å². The summed E-state index contributed by atoms with van der Waals surface area (Å²) in [6.45, 7) is 0. The Hall–Kier alpha value is -7.89. The molecule has 58 heavy (non-hydrogen) atoms. The Kier molecular flexibility index (Phi) is 9.14. The van der Waals surface area contributed by atoms with Crippen molar-refractivity contribution in [2.45, 2.75) is 0 Å². The van der Waals surface area contributed by atoms with Crippen molar-refractivity contribution in [1.29, 1.82) is 0 Å². The largest absolute Gasteiger partial charge is 0.228 e. The SMILES string of the molecule is c1ccc(-c2cc(-c3ccc(-c4ccc5ccc(-c6ccc(-c7nc(-c8ccccc8)nc(-c8ccccc8)n7)cc6)cc5c4)cc3)nc(-c3ccccc3)n2)cc1. The fourth-order valence-electron chi connectivity index (χ4n) is 7.26. The van der Waals surface area contributed by atoms with Crippen molar-refractivity contribution >= 4 is 10.8 Å². The zero-order chi connectivity index (χ0) is 38.7. The molecule has 0 bridgehead atoms. The molecular formula is C53H35N5. The number of hydrogen-bond acceptors (Lipinski definition) is 5. The second-order valence-electron chi connectivity index (χ2n) is 14.2. The van der Waals surface area contributed by atoms with Crippen LogP contribution in [0.25, 0.3) is 101 Å². The van der Waals surface area contributed by atoms with Gasteiger partial charge in [0.05, 0.1) is 11.4 Å². The maximum Gasteiger partial charge on any atom is 0.164 e. The highest BCUT2D eigenvalue weighted by Crippen LogP contribution is 2.33. The van der Waals surface area contributed by atoms with Gasteiger partial charge in [-0.25, -0.2) is 24.9 Å². The van der Waals surface area contributed by atoms with Crippen molar-refractivity contribution in [3.63, 3.8) is 0 Å². The Morgan fingerprint density at radius 2 is 0.483 bits per heavy atom. The molecule has 272 valence electrons. The van der Waals surface area contributed by atoms with Crippen molar-refractivity contribution in [1.82, 2.24) is 24.9 Å². The highest BCUT2D eigenvalue weighted by molar-refractivity contribution is 5.91. The predicted molar refractivity (Wildman–Crippen MR) is 236 cm³/mol. The Bertz CT molecular complexity index is 2690. The summed E-state index contributed by atoms with van der Waals surface area (Å²) in [7, 11) is 0. The van der Waals surface area contributed by atoms with Crippen molar-refractivity contribution in [2.24, 2.45) is 0 Å². The van der Waals surface area contributed by atoms with Gasteiger partial charge in [-0.15, -0.1) is 0 Å². The van der Waals surface area contributed by atoms with Gasteiger partial charge in [-0.1, -0.05) is 194 Å². The Morgan fingerprint density at radius 1 is 0.190 bits per heavy atom. The van der Waals surface area contributed by atoms with Crippen LogP contribution in [0.5, 0.6) is 0 Å². The lowest BCUT2D eigenvalue weighted by atomic mass is 9.96. The summed E-state index contributed by atoms with van der Waals surface area (Å²) in [6, 6.07) is 73.1. The topological polar surface area (TPSA) is 64.5 Å². The van der Waals surface area contributed by atoms with Crippen LogP contribution in [0.2, 0.25) is 0 Å². The third kappa shape index (κ3) is 7.16. The average molecular weight is 742 g/mol. The predicted octanol–water partition coefficient (Wildman–Crippen LogP) is 13.2. The van der Waals surface area contributed by atoms with Gasteiger partial charge < -0.3 is 0 Å². The van der Waals surface area contributed by atoms with Crippen molar-refractivity contribution < 1.29 is 0 Å². The van der Waals surface area contributed by atoms with Crippen molar-refractivity contribution in [2.75, 3.05) is 0 Å². The third-order valence-corrected chi connectivity index (χ3v) is 10.4. The zero-order valence-corrected chi connectivity index (χ0v) is 31.4. The summed E-state index contributed by atoms with van der Waals surface area (Å²) in [6.07, 6.45) is 0. The lowest BCUT2D eigenvalue weighted by Gasteiger charge is -2.11. The van der Waals surface area contributed by atoms with Crippen molar-refractivity contribution in [3.05, 3.63) is 212 Å². The molecule has 2 heterocycles. The Labute approximate surface area is 337 Å². The number of benzene rings is 8. The van der Waals surface area contributed by atoms with Gasteiger partial charge in [0.1, 0.15) is 0 Å². The van der Waals surface area contributed by atoms with Gasteiger partial charge in [-0.05, 0) is 51.2 Å². The first kappa shape index (κ1) is 34.6. The minimum Gasteiger partial charge on any atom is -0.228 e. The van der Waals surface area contributed by atoms with Gasteiger partial charge in [0.15, 0.2) is 23.3 Å². The quantitative estimate of drug-likeness (QED) is 0.155. The summed E-state index contributed by atoms with van der Waals surface area (Å²) in [5.41, 5.74) is 12.3. The zero-order valence-electron chi connectivity index (χ0n) is 31.4. The van der Waals surface area contributed by atoms with Crippen LogP contribution in [-0.4, -0.2) is 24.9 Å². The molecular weight excluding hydrogens is 707 g/mol. The molecule has 0 aliphatic carbocycles. The van der Waals surface area contributed by atoms with E-state index in [0.29, 0.717) is 23.3 Å². The molecule has 0 radical (unpaired) electrons. The molecule has 0 N–H and O–H groups in total. The van der Waals surface area contributed by atoms with Crippen LogP contribution in [0, 0.1) is 0 Å². The van der Waals surface area contributed by atoms with Crippen LogP contribution in [0.3, 0.4) is 0 Å². The van der Waals surface area contributed by atoms with E-state index >= 15 is 0 Å².